The van der Waals surface area contributed by atoms with Crippen molar-refractivity contribution in [3.63, 3.8) is 0 Å². The second-order valence-corrected chi connectivity index (χ2v) is 6.85. The van der Waals surface area contributed by atoms with Crippen molar-refractivity contribution in [3.8, 4) is 0 Å². The van der Waals surface area contributed by atoms with Gasteiger partial charge in [-0.15, -0.1) is 0 Å². The molecule has 2 heterocycles. The van der Waals surface area contributed by atoms with Crippen LogP contribution >= 0.6 is 0 Å². The minimum atomic E-state index is -4.38. The molecule has 0 aliphatic carbocycles. The van der Waals surface area contributed by atoms with Crippen LogP contribution in [0.3, 0.4) is 0 Å². The third-order valence-electron chi connectivity index (χ3n) is 4.94. The molecule has 1 aromatic rings. The predicted molar refractivity (Wildman–Crippen MR) is 87.3 cm³/mol. The monoisotopic (exact) mass is 356 g/mol. The average molecular weight is 356 g/mol. The highest BCUT2D eigenvalue weighted by molar-refractivity contribution is 5.94. The Morgan fingerprint density at radius 2 is 1.84 bits per heavy atom. The summed E-state index contributed by atoms with van der Waals surface area (Å²) < 4.78 is 43.1. The lowest BCUT2D eigenvalue weighted by Crippen LogP contribution is -2.45. The number of hydrogen-bond acceptors (Lipinski definition) is 3. The van der Waals surface area contributed by atoms with E-state index >= 15 is 0 Å². The van der Waals surface area contributed by atoms with E-state index in [0.29, 0.717) is 5.92 Å². The van der Waals surface area contributed by atoms with Crippen molar-refractivity contribution >= 4 is 5.91 Å². The van der Waals surface area contributed by atoms with Crippen molar-refractivity contribution in [1.29, 1.82) is 0 Å². The Morgan fingerprint density at radius 1 is 1.16 bits per heavy atom. The lowest BCUT2D eigenvalue weighted by molar-refractivity contribution is -0.137. The normalized spacial score (nSPS) is 22.9. The van der Waals surface area contributed by atoms with Gasteiger partial charge in [-0.3, -0.25) is 4.79 Å². The van der Waals surface area contributed by atoms with Gasteiger partial charge in [-0.2, -0.15) is 13.2 Å². The van der Waals surface area contributed by atoms with Gasteiger partial charge in [-0.25, -0.2) is 0 Å². The molecule has 1 unspecified atom stereocenters. The summed E-state index contributed by atoms with van der Waals surface area (Å²) in [4.78, 5) is 14.6. The van der Waals surface area contributed by atoms with Crippen molar-refractivity contribution in [3.05, 3.63) is 35.4 Å². The molecule has 4 nitrogen and oxygen atoms in total. The van der Waals surface area contributed by atoms with E-state index in [-0.39, 0.29) is 17.5 Å². The maximum Gasteiger partial charge on any atom is 0.416 e. The van der Waals surface area contributed by atoms with Crippen molar-refractivity contribution < 1.29 is 22.7 Å². The number of nitrogens with one attached hydrogen (secondary N) is 1. The van der Waals surface area contributed by atoms with E-state index in [0.717, 1.165) is 64.2 Å². The van der Waals surface area contributed by atoms with E-state index in [2.05, 4.69) is 10.2 Å². The van der Waals surface area contributed by atoms with Crippen LogP contribution in [0.5, 0.6) is 0 Å². The van der Waals surface area contributed by atoms with Crippen molar-refractivity contribution in [1.82, 2.24) is 10.2 Å². The Kier molecular flexibility index (Phi) is 5.64. The molecule has 2 aliphatic rings. The lowest BCUT2D eigenvalue weighted by Gasteiger charge is -2.33. The van der Waals surface area contributed by atoms with Gasteiger partial charge < -0.3 is 15.0 Å². The zero-order valence-electron chi connectivity index (χ0n) is 14.0. The molecule has 2 saturated heterocycles. The van der Waals surface area contributed by atoms with Gasteiger partial charge in [0.25, 0.3) is 5.91 Å². The first kappa shape index (κ1) is 18.2. The number of alkyl halides is 3. The summed E-state index contributed by atoms with van der Waals surface area (Å²) in [5.74, 6) is 0.301. The van der Waals surface area contributed by atoms with Gasteiger partial charge in [0.15, 0.2) is 0 Å². The Morgan fingerprint density at radius 3 is 2.40 bits per heavy atom. The molecule has 2 fully saturated rings. The van der Waals surface area contributed by atoms with Crippen molar-refractivity contribution in [2.45, 2.75) is 31.5 Å². The molecule has 3 rings (SSSR count). The highest BCUT2D eigenvalue weighted by atomic mass is 19.4. The molecule has 1 atom stereocenters. The molecule has 0 spiro atoms. The van der Waals surface area contributed by atoms with Crippen LogP contribution in [0.1, 0.15) is 35.2 Å². The minimum Gasteiger partial charge on any atom is -0.381 e. The number of piperidine rings is 1. The summed E-state index contributed by atoms with van der Waals surface area (Å²) in [5.41, 5.74) is -0.480. The van der Waals surface area contributed by atoms with Crippen LogP contribution in [0, 0.1) is 5.92 Å². The number of carbonyl (C=O) groups is 1. The smallest absolute Gasteiger partial charge is 0.381 e. The van der Waals surface area contributed by atoms with Crippen molar-refractivity contribution in [2.24, 2.45) is 5.92 Å². The van der Waals surface area contributed by atoms with Gasteiger partial charge in [0, 0.05) is 37.8 Å². The third-order valence-corrected chi connectivity index (χ3v) is 4.94. The molecule has 0 radical (unpaired) electrons. The lowest BCUT2D eigenvalue weighted by atomic mass is 10.0. The van der Waals surface area contributed by atoms with Crippen LogP contribution in [-0.2, 0) is 10.9 Å². The number of carbonyl (C=O) groups excluding carboxylic acids is 1. The Hall–Kier alpha value is -1.60. The van der Waals surface area contributed by atoms with Crippen LogP contribution in [0.4, 0.5) is 13.2 Å². The van der Waals surface area contributed by atoms with Gasteiger partial charge in [0.05, 0.1) is 12.2 Å². The molecule has 0 saturated carbocycles. The van der Waals surface area contributed by atoms with Gasteiger partial charge in [-0.1, -0.05) is 0 Å². The highest BCUT2D eigenvalue weighted by Crippen LogP contribution is 2.29. The number of hydrogen-bond donors (Lipinski definition) is 1. The minimum absolute atomic E-state index is 0.0749. The molecule has 1 amide bonds. The van der Waals surface area contributed by atoms with E-state index < -0.39 is 11.7 Å². The number of amides is 1. The summed E-state index contributed by atoms with van der Waals surface area (Å²) in [6, 6.07) is 4.43. The molecule has 1 aromatic carbocycles. The standard InChI is InChI=1S/C18H23F3N2O2/c19-18(20,21)15-3-1-14(2-4-15)17(24)22-16-5-8-23(9-6-16)11-13-7-10-25-12-13/h1-4,13,16H,5-12H2,(H,22,24). The molecular formula is C18H23F3N2O2. The van der Waals surface area contributed by atoms with Crippen molar-refractivity contribution in [2.75, 3.05) is 32.8 Å². The Labute approximate surface area is 145 Å². The second kappa shape index (κ2) is 7.74. The topological polar surface area (TPSA) is 41.6 Å². The molecule has 25 heavy (non-hydrogen) atoms. The first-order chi connectivity index (χ1) is 11.9. The first-order valence-corrected chi connectivity index (χ1v) is 8.70. The summed E-state index contributed by atoms with van der Waals surface area (Å²) in [5, 5.41) is 2.94. The fraction of sp³-hybridized carbons (Fsp3) is 0.611. The Balaban J connectivity index is 1.45. The zero-order valence-corrected chi connectivity index (χ0v) is 14.0. The molecular weight excluding hydrogens is 333 g/mol. The van der Waals surface area contributed by atoms with E-state index in [9.17, 15) is 18.0 Å². The Bertz CT molecular complexity index is 575. The fourth-order valence-electron chi connectivity index (χ4n) is 3.43. The molecule has 138 valence electrons. The summed E-state index contributed by atoms with van der Waals surface area (Å²) in [6.45, 7) is 4.58. The maximum atomic E-state index is 12.6. The van der Waals surface area contributed by atoms with Crippen LogP contribution in [0.2, 0.25) is 0 Å². The first-order valence-electron chi connectivity index (χ1n) is 8.70. The largest absolute Gasteiger partial charge is 0.416 e. The second-order valence-electron chi connectivity index (χ2n) is 6.85. The van der Waals surface area contributed by atoms with E-state index in [1.54, 1.807) is 0 Å². The molecule has 1 N–H and O–H groups in total. The summed E-state index contributed by atoms with van der Waals surface area (Å²) in [6.07, 6.45) is -1.54. The number of likely N-dealkylation sites (tertiary alicyclic amines) is 1. The van der Waals surface area contributed by atoms with E-state index in [4.69, 9.17) is 4.74 Å². The number of rotatable bonds is 4. The number of nitrogens with zero attached hydrogens (tertiary/aromatic N) is 1. The summed E-state index contributed by atoms with van der Waals surface area (Å²) >= 11 is 0. The molecule has 0 aromatic heterocycles. The predicted octanol–water partition coefficient (Wildman–Crippen LogP) is 2.94. The number of benzene rings is 1. The van der Waals surface area contributed by atoms with Gasteiger partial charge in [0.1, 0.15) is 0 Å². The van der Waals surface area contributed by atoms with Gasteiger partial charge in [0.2, 0.25) is 0 Å². The maximum absolute atomic E-state index is 12.6. The van der Waals surface area contributed by atoms with Gasteiger partial charge >= 0.3 is 6.18 Å². The van der Waals surface area contributed by atoms with Crippen LogP contribution in [0.25, 0.3) is 0 Å². The quantitative estimate of drug-likeness (QED) is 0.902. The SMILES string of the molecule is O=C(NC1CCN(CC2CCOC2)CC1)c1ccc(C(F)(F)F)cc1. The molecule has 0 bridgehead atoms. The fourth-order valence-corrected chi connectivity index (χ4v) is 3.43. The van der Waals surface area contributed by atoms with Crippen LogP contribution in [-0.4, -0.2) is 49.7 Å². The van der Waals surface area contributed by atoms with E-state index in [1.165, 1.54) is 12.1 Å². The average Bonchev–Trinajstić information content (AvgIpc) is 3.09. The number of halogens is 3. The van der Waals surface area contributed by atoms with Gasteiger partial charge in [-0.05, 0) is 49.4 Å². The third kappa shape index (κ3) is 4.95. The molecule has 7 heteroatoms. The van der Waals surface area contributed by atoms with Crippen LogP contribution < -0.4 is 5.32 Å². The summed E-state index contributed by atoms with van der Waals surface area (Å²) in [7, 11) is 0. The zero-order chi connectivity index (χ0) is 17.9. The van der Waals surface area contributed by atoms with Crippen LogP contribution in [0.15, 0.2) is 24.3 Å². The number of ether oxygens (including phenoxy) is 1. The highest BCUT2D eigenvalue weighted by Gasteiger charge is 2.30. The molecule has 2 aliphatic heterocycles. The van der Waals surface area contributed by atoms with E-state index in [1.807, 2.05) is 0 Å².